The van der Waals surface area contributed by atoms with Crippen LogP contribution in [-0.2, 0) is 51.7 Å². The number of nitrogens with one attached hydrogen (secondary N) is 2. The normalized spacial score (nSPS) is 24.8. The van der Waals surface area contributed by atoms with Crippen molar-refractivity contribution in [3.8, 4) is 33.9 Å². The lowest BCUT2D eigenvalue weighted by atomic mass is 9.39. The minimum absolute atomic E-state index is 0.0225. The molecule has 1 saturated heterocycles. The van der Waals surface area contributed by atoms with Crippen molar-refractivity contribution < 1.29 is 90.8 Å². The summed E-state index contributed by atoms with van der Waals surface area (Å²) in [5.41, 5.74) is 8.98. The molecule has 4 saturated carbocycles. The van der Waals surface area contributed by atoms with Gasteiger partial charge in [0.05, 0.1) is 59.9 Å². The molecule has 0 spiro atoms. The first-order valence-electron chi connectivity index (χ1n) is 31.6. The molecule has 96 heavy (non-hydrogen) atoms. The number of aromatic carboxylic acids is 1. The number of aliphatic hydroxyl groups is 3. The second kappa shape index (κ2) is 28.7. The van der Waals surface area contributed by atoms with Crippen molar-refractivity contribution in [1.82, 2.24) is 30.0 Å². The van der Waals surface area contributed by atoms with Gasteiger partial charge in [0.25, 0.3) is 16.0 Å². The lowest BCUT2D eigenvalue weighted by Crippen LogP contribution is -2.64. The molecule has 4 bridgehead atoms. The summed E-state index contributed by atoms with van der Waals surface area (Å²) < 4.78 is 75.3. The third kappa shape index (κ3) is 15.9. The Balaban J connectivity index is 0.747. The molecule has 4 aromatic carbocycles. The van der Waals surface area contributed by atoms with Gasteiger partial charge >= 0.3 is 18.0 Å². The number of para-hydroxylation sites is 1. The second-order valence-electron chi connectivity index (χ2n) is 26.4. The number of anilines is 1. The van der Waals surface area contributed by atoms with Gasteiger partial charge in [0, 0.05) is 85.5 Å². The Morgan fingerprint density at radius 2 is 1.61 bits per heavy atom. The number of ether oxygens (including phenoxy) is 7. The lowest BCUT2D eigenvalue weighted by molar-refractivity contribution is -0.271. The van der Waals surface area contributed by atoms with Crippen LogP contribution in [0, 0.1) is 23.2 Å². The van der Waals surface area contributed by atoms with E-state index in [1.54, 1.807) is 30.5 Å². The maximum absolute atomic E-state index is 14.1. The molecule has 27 nitrogen and oxygen atoms in total. The van der Waals surface area contributed by atoms with Gasteiger partial charge < -0.3 is 74.6 Å². The van der Waals surface area contributed by atoms with Crippen molar-refractivity contribution in [2.75, 3.05) is 77.4 Å². The third-order valence-electron chi connectivity index (χ3n) is 18.4. The Bertz CT molecular complexity index is 4080. The Kier molecular flexibility index (Phi) is 20.8. The van der Waals surface area contributed by atoms with E-state index in [4.69, 9.17) is 53.5 Å². The fourth-order valence-corrected chi connectivity index (χ4v) is 16.9. The molecule has 3 aromatic heterocycles. The molecule has 1 aliphatic heterocycles. The Labute approximate surface area is 557 Å². The van der Waals surface area contributed by atoms with Gasteiger partial charge in [0.2, 0.25) is 6.29 Å². The van der Waals surface area contributed by atoms with Crippen LogP contribution in [0.2, 0.25) is 0 Å². The van der Waals surface area contributed by atoms with Crippen molar-refractivity contribution in [3.63, 3.8) is 0 Å². The van der Waals surface area contributed by atoms with E-state index in [-0.39, 0.29) is 97.6 Å². The molecule has 5 fully saturated rings. The number of hydrogen-bond donors (Lipinski definition) is 9. The summed E-state index contributed by atoms with van der Waals surface area (Å²) >= 11 is 1.38. The van der Waals surface area contributed by atoms with Crippen LogP contribution in [0.1, 0.15) is 84.5 Å². The summed E-state index contributed by atoms with van der Waals surface area (Å²) in [5.74, 6) is -3.61. The summed E-state index contributed by atoms with van der Waals surface area (Å²) in [4.78, 5) is 63.9. The van der Waals surface area contributed by atoms with Crippen molar-refractivity contribution in [2.24, 2.45) is 22.0 Å². The standard InChI is InChI=1S/C67H80N8O19S2/c1-39-48(45-16-17-49(71-53(45)59(80)81)41-13-12-40-8-7-9-46(47(40)26-41)58(79)73-62-72-50-10-5-6-11-52(50)95-62)29-70-75(39)38-66-33-64(2)32-65(3,34-66)36-67(35-64,37-66)92-23-20-74(19-22-88-4)63(84)91-30-42-14-15-44(90-25-24-89-21-18-69-28-43(68)31-96(85,86)87)27-51(42)93-61-56(78)54(76)55(77)57(94-61)60(82)83/h5-17,26-27,29,43,54-57,61,69,76-78H,18-25,28,30-38,68H2,1-4H3,(H,80,81)(H,82,83)(H,72,73,79)(H,85,86,87)/t43-,54+,55+,56-,57+,61-,64?,65?,66?,67?/m1/s1. The largest absolute Gasteiger partial charge is 0.491 e. The predicted molar refractivity (Wildman–Crippen MR) is 351 cm³/mol. The third-order valence-corrected chi connectivity index (χ3v) is 20.2. The number of carbonyl (C=O) groups is 4. The Hall–Kier alpha value is -7.78. The number of thiazole rings is 1. The first-order chi connectivity index (χ1) is 45.7. The number of aliphatic hydroxyl groups excluding tert-OH is 3. The zero-order valence-corrected chi connectivity index (χ0v) is 55.2. The SMILES string of the molecule is COCCN(CCOC12CC3(C)CC(C)(CC(Cn4ncc(-c5ccc(-c6ccc7cccc(C(=O)Nc8nc9ccccc9s8)c7c6)nc5C(=O)O)c4C)(C3)C1)C2)C(=O)OCc1ccc(OCCOCCNC[C@@H](N)CS(=O)(=O)O)cc1O[C@@H]1O[C@H](C(=O)O)[C@@H](O)[C@H](O)[C@H]1O. The van der Waals surface area contributed by atoms with Gasteiger partial charge in [-0.3, -0.25) is 19.3 Å². The molecule has 7 aromatic rings. The lowest BCUT2D eigenvalue weighted by Gasteiger charge is -2.69. The average Bonchev–Trinajstić information content (AvgIpc) is 0.745. The van der Waals surface area contributed by atoms with Crippen molar-refractivity contribution in [2.45, 2.75) is 115 Å². The van der Waals surface area contributed by atoms with Crippen LogP contribution >= 0.6 is 11.3 Å². The first-order valence-corrected chi connectivity index (χ1v) is 34.0. The van der Waals surface area contributed by atoms with Gasteiger partial charge in [-0.15, -0.1) is 0 Å². The summed E-state index contributed by atoms with van der Waals surface area (Å²) in [6, 6.07) is 25.9. The van der Waals surface area contributed by atoms with Crippen LogP contribution in [0.4, 0.5) is 9.93 Å². The molecule has 5 aliphatic rings. The molecule has 4 aliphatic carbocycles. The van der Waals surface area contributed by atoms with Crippen LogP contribution in [0.3, 0.4) is 0 Å². The number of fused-ring (bicyclic) bond motifs is 2. The van der Waals surface area contributed by atoms with E-state index in [1.807, 2.05) is 66.2 Å². The quantitative estimate of drug-likeness (QED) is 0.0171. The van der Waals surface area contributed by atoms with Crippen LogP contribution in [0.5, 0.6) is 11.5 Å². The van der Waals surface area contributed by atoms with E-state index in [0.717, 1.165) is 59.8 Å². The second-order valence-corrected chi connectivity index (χ2v) is 29.0. The highest BCUT2D eigenvalue weighted by Gasteiger charge is 2.66. The number of aliphatic carboxylic acids is 1. The van der Waals surface area contributed by atoms with Crippen LogP contribution in [-0.4, -0.2) is 202 Å². The van der Waals surface area contributed by atoms with Gasteiger partial charge in [0.15, 0.2) is 16.9 Å². The number of hydrogen-bond acceptors (Lipinski definition) is 22. The molecular formula is C67H80N8O19S2. The topological polar surface area (TPSA) is 385 Å². The highest BCUT2D eigenvalue weighted by Crippen LogP contribution is 2.72. The number of methoxy groups -OCH3 is 1. The number of benzene rings is 4. The Morgan fingerprint density at radius 1 is 0.844 bits per heavy atom. The smallest absolute Gasteiger partial charge is 0.410 e. The minimum Gasteiger partial charge on any atom is -0.491 e. The minimum atomic E-state index is -4.22. The molecule has 29 heteroatoms. The summed E-state index contributed by atoms with van der Waals surface area (Å²) in [6.45, 7) is 8.10. The first kappa shape index (κ1) is 69.6. The maximum Gasteiger partial charge on any atom is 0.410 e. The highest BCUT2D eigenvalue weighted by molar-refractivity contribution is 7.85. The molecule has 0 radical (unpaired) electrons. The predicted octanol–water partition coefficient (Wildman–Crippen LogP) is 6.53. The molecule has 8 atom stereocenters. The van der Waals surface area contributed by atoms with Crippen LogP contribution in [0.15, 0.2) is 97.2 Å². The molecule has 2 amide bonds. The average molecular weight is 1370 g/mol. The zero-order chi connectivity index (χ0) is 68.3. The summed E-state index contributed by atoms with van der Waals surface area (Å²) in [7, 11) is -2.71. The van der Waals surface area contributed by atoms with Crippen molar-refractivity contribution in [3.05, 3.63) is 120 Å². The fourth-order valence-electron chi connectivity index (χ4n) is 15.4. The van der Waals surface area contributed by atoms with Gasteiger partial charge in [0.1, 0.15) is 43.0 Å². The summed E-state index contributed by atoms with van der Waals surface area (Å²) in [6.07, 6.45) is -3.43. The molecule has 4 heterocycles. The van der Waals surface area contributed by atoms with Crippen LogP contribution < -0.4 is 25.8 Å². The fraction of sp³-hybridized carbons (Fsp3) is 0.478. The van der Waals surface area contributed by atoms with Crippen molar-refractivity contribution in [1.29, 1.82) is 0 Å². The number of pyridine rings is 1. The number of rotatable bonds is 30. The number of amides is 2. The number of carboxylic acid groups (broad SMARTS) is 2. The zero-order valence-electron chi connectivity index (χ0n) is 53.6. The molecule has 514 valence electrons. The van der Waals surface area contributed by atoms with Gasteiger partial charge in [-0.1, -0.05) is 61.6 Å². The van der Waals surface area contributed by atoms with E-state index in [0.29, 0.717) is 51.6 Å². The molecule has 2 unspecified atom stereocenters. The number of aromatic nitrogens is 4. The summed E-state index contributed by atoms with van der Waals surface area (Å²) in [5, 5.41) is 65.1. The number of nitrogens with two attached hydrogens (primary N) is 1. The van der Waals surface area contributed by atoms with Gasteiger partial charge in [-0.25, -0.2) is 24.4 Å². The van der Waals surface area contributed by atoms with Crippen molar-refractivity contribution >= 4 is 71.5 Å². The molecule has 10 N–H and O–H groups in total. The number of carbonyl (C=O) groups excluding carboxylic acids is 2. The highest BCUT2D eigenvalue weighted by atomic mass is 32.2. The van der Waals surface area contributed by atoms with Gasteiger partial charge in [-0.2, -0.15) is 13.5 Å². The van der Waals surface area contributed by atoms with E-state index >= 15 is 0 Å². The van der Waals surface area contributed by atoms with E-state index < -0.39 is 82.9 Å². The maximum atomic E-state index is 14.1. The van der Waals surface area contributed by atoms with E-state index in [9.17, 15) is 53.1 Å². The van der Waals surface area contributed by atoms with Crippen LogP contribution in [0.25, 0.3) is 43.4 Å². The number of nitrogens with zero attached hydrogens (tertiary/aromatic N) is 5. The monoisotopic (exact) mass is 1360 g/mol. The number of carboxylic acids is 2. The Morgan fingerprint density at radius 3 is 2.35 bits per heavy atom. The molecular weight excluding hydrogens is 1280 g/mol. The van der Waals surface area contributed by atoms with Gasteiger partial charge in [-0.05, 0) is 121 Å². The molecule has 12 rings (SSSR count). The van der Waals surface area contributed by atoms with E-state index in [1.165, 1.54) is 35.5 Å². The van der Waals surface area contributed by atoms with E-state index in [2.05, 4.69) is 29.5 Å².